The summed E-state index contributed by atoms with van der Waals surface area (Å²) in [5.74, 6) is 0.782. The molecule has 0 saturated heterocycles. The fourth-order valence-electron chi connectivity index (χ4n) is 2.11. The van der Waals surface area contributed by atoms with Crippen molar-refractivity contribution in [1.82, 2.24) is 14.5 Å². The number of ether oxygens (including phenoxy) is 1. The van der Waals surface area contributed by atoms with Gasteiger partial charge in [0, 0.05) is 29.0 Å². The Morgan fingerprint density at radius 3 is 2.86 bits per heavy atom. The van der Waals surface area contributed by atoms with Crippen LogP contribution in [0, 0.1) is 6.92 Å². The lowest BCUT2D eigenvalue weighted by Crippen LogP contribution is -2.00. The van der Waals surface area contributed by atoms with Crippen molar-refractivity contribution in [2.75, 3.05) is 12.4 Å². The molecule has 0 aliphatic rings. The lowest BCUT2D eigenvalue weighted by Gasteiger charge is -2.12. The topological polar surface area (TPSA) is 52.0 Å². The molecule has 0 fully saturated rings. The van der Waals surface area contributed by atoms with Crippen molar-refractivity contribution in [3.63, 3.8) is 0 Å². The highest BCUT2D eigenvalue weighted by atomic mass is 35.5. The summed E-state index contributed by atoms with van der Waals surface area (Å²) in [6.45, 7) is 2.64. The van der Waals surface area contributed by atoms with E-state index >= 15 is 0 Å². The third-order valence-corrected chi connectivity index (χ3v) is 4.28. The number of rotatable bonds is 5. The van der Waals surface area contributed by atoms with Crippen LogP contribution in [0.25, 0.3) is 5.69 Å². The van der Waals surface area contributed by atoms with Crippen molar-refractivity contribution in [2.24, 2.45) is 0 Å². The van der Waals surface area contributed by atoms with Gasteiger partial charge in [-0.2, -0.15) is 0 Å². The van der Waals surface area contributed by atoms with Gasteiger partial charge in [0.05, 0.1) is 31.4 Å². The van der Waals surface area contributed by atoms with Crippen LogP contribution >= 0.6 is 22.9 Å². The molecule has 0 unspecified atom stereocenters. The third kappa shape index (κ3) is 3.23. The van der Waals surface area contributed by atoms with E-state index in [0.717, 1.165) is 27.7 Å². The number of imidazole rings is 1. The second-order valence-electron chi connectivity index (χ2n) is 4.74. The Labute approximate surface area is 137 Å². The molecule has 0 radical (unpaired) electrons. The lowest BCUT2D eigenvalue weighted by atomic mass is 10.2. The molecule has 7 heteroatoms. The van der Waals surface area contributed by atoms with Crippen LogP contribution in [0.1, 0.15) is 10.6 Å². The first-order valence-electron chi connectivity index (χ1n) is 6.69. The van der Waals surface area contributed by atoms with Gasteiger partial charge in [0.2, 0.25) is 0 Å². The van der Waals surface area contributed by atoms with Gasteiger partial charge in [0.25, 0.3) is 0 Å². The van der Waals surface area contributed by atoms with Crippen molar-refractivity contribution >= 4 is 28.6 Å². The number of hydrogen-bond donors (Lipinski definition) is 1. The molecule has 0 bridgehead atoms. The monoisotopic (exact) mass is 334 g/mol. The fraction of sp³-hybridized carbons (Fsp3) is 0.200. The summed E-state index contributed by atoms with van der Waals surface area (Å²) < 4.78 is 7.99. The quantitative estimate of drug-likeness (QED) is 0.768. The van der Waals surface area contributed by atoms with E-state index in [1.807, 2.05) is 35.9 Å². The molecule has 0 spiro atoms. The molecule has 0 atom stereocenters. The van der Waals surface area contributed by atoms with Crippen molar-refractivity contribution in [2.45, 2.75) is 13.5 Å². The number of thiazole rings is 1. The first kappa shape index (κ1) is 14.9. The van der Waals surface area contributed by atoms with Gasteiger partial charge in [0.1, 0.15) is 5.75 Å². The molecule has 2 heterocycles. The maximum absolute atomic E-state index is 5.83. The highest BCUT2D eigenvalue weighted by Crippen LogP contribution is 2.27. The van der Waals surface area contributed by atoms with Gasteiger partial charge in [-0.3, -0.25) is 0 Å². The Morgan fingerprint density at radius 1 is 1.36 bits per heavy atom. The number of anilines is 1. The molecule has 114 valence electrons. The van der Waals surface area contributed by atoms with Gasteiger partial charge in [-0.1, -0.05) is 11.6 Å². The van der Waals surface area contributed by atoms with E-state index < -0.39 is 0 Å². The van der Waals surface area contributed by atoms with Gasteiger partial charge in [-0.25, -0.2) is 9.97 Å². The number of halogens is 1. The molecule has 0 aliphatic heterocycles. The summed E-state index contributed by atoms with van der Waals surface area (Å²) in [7, 11) is 1.66. The molecule has 5 nitrogen and oxygen atoms in total. The third-order valence-electron chi connectivity index (χ3n) is 3.16. The van der Waals surface area contributed by atoms with Crippen LogP contribution in [-0.2, 0) is 6.54 Å². The number of benzene rings is 1. The molecule has 0 amide bonds. The molecule has 0 aliphatic carbocycles. The van der Waals surface area contributed by atoms with E-state index in [2.05, 4.69) is 15.3 Å². The molecular formula is C15H15ClN4OS. The second kappa shape index (κ2) is 6.37. The van der Waals surface area contributed by atoms with E-state index in [9.17, 15) is 0 Å². The summed E-state index contributed by atoms with van der Waals surface area (Å²) in [5, 5.41) is 3.34. The second-order valence-corrected chi connectivity index (χ2v) is 6.44. The average Bonchev–Trinajstić information content (AvgIpc) is 3.13. The fourth-order valence-corrected chi connectivity index (χ4v) is 3.03. The van der Waals surface area contributed by atoms with Crippen LogP contribution in [-0.4, -0.2) is 21.6 Å². The van der Waals surface area contributed by atoms with E-state index in [0.29, 0.717) is 11.0 Å². The minimum atomic E-state index is 0.556. The summed E-state index contributed by atoms with van der Waals surface area (Å²) in [5.41, 5.74) is 2.89. The van der Waals surface area contributed by atoms with Crippen molar-refractivity contribution in [1.29, 1.82) is 0 Å². The molecule has 2 aromatic heterocycles. The number of aryl methyl sites for hydroxylation is 1. The van der Waals surface area contributed by atoms with Crippen LogP contribution in [0.5, 0.6) is 5.75 Å². The van der Waals surface area contributed by atoms with Crippen LogP contribution in [0.15, 0.2) is 36.9 Å². The Balaban J connectivity index is 1.79. The van der Waals surface area contributed by atoms with Crippen LogP contribution in [0.4, 0.5) is 5.69 Å². The Bertz CT molecular complexity index is 783. The number of hydrogen-bond acceptors (Lipinski definition) is 5. The standard InChI is InChI=1S/C15H15ClN4OS/c1-10-8-20(9-19-10)13-4-3-11(5-14(13)21-2)17-6-12-7-18-15(16)22-12/h3-5,7-9,17H,6H2,1-2H3. The number of nitrogens with one attached hydrogen (secondary N) is 1. The first-order valence-corrected chi connectivity index (χ1v) is 7.88. The van der Waals surface area contributed by atoms with E-state index in [4.69, 9.17) is 16.3 Å². The first-order chi connectivity index (χ1) is 10.7. The van der Waals surface area contributed by atoms with E-state index in [1.54, 1.807) is 19.6 Å². The van der Waals surface area contributed by atoms with Gasteiger partial charge in [-0.15, -0.1) is 11.3 Å². The van der Waals surface area contributed by atoms with Crippen molar-refractivity contribution in [3.05, 3.63) is 52.0 Å². The summed E-state index contributed by atoms with van der Waals surface area (Å²) in [4.78, 5) is 9.35. The summed E-state index contributed by atoms with van der Waals surface area (Å²) >= 11 is 7.30. The van der Waals surface area contributed by atoms with Gasteiger partial charge < -0.3 is 14.6 Å². The predicted octanol–water partition coefficient (Wildman–Crippen LogP) is 3.91. The largest absolute Gasteiger partial charge is 0.494 e. The van der Waals surface area contributed by atoms with Crippen molar-refractivity contribution < 1.29 is 4.74 Å². The molecule has 1 N–H and O–H groups in total. The maximum atomic E-state index is 5.83. The maximum Gasteiger partial charge on any atom is 0.183 e. The summed E-state index contributed by atoms with van der Waals surface area (Å²) in [6, 6.07) is 5.98. The normalized spacial score (nSPS) is 10.7. The average molecular weight is 335 g/mol. The number of methoxy groups -OCH3 is 1. The lowest BCUT2D eigenvalue weighted by molar-refractivity contribution is 0.413. The minimum absolute atomic E-state index is 0.556. The van der Waals surface area contributed by atoms with Crippen molar-refractivity contribution in [3.8, 4) is 11.4 Å². The van der Waals surface area contributed by atoms with E-state index in [-0.39, 0.29) is 0 Å². The highest BCUT2D eigenvalue weighted by Gasteiger charge is 2.07. The highest BCUT2D eigenvalue weighted by molar-refractivity contribution is 7.15. The molecule has 0 saturated carbocycles. The zero-order valence-corrected chi connectivity index (χ0v) is 13.8. The molecule has 1 aromatic carbocycles. The summed E-state index contributed by atoms with van der Waals surface area (Å²) in [6.07, 6.45) is 5.52. The predicted molar refractivity (Wildman–Crippen MR) is 89.3 cm³/mol. The van der Waals surface area contributed by atoms with Gasteiger partial charge >= 0.3 is 0 Å². The Hall–Kier alpha value is -2.05. The van der Waals surface area contributed by atoms with E-state index in [1.165, 1.54) is 11.3 Å². The van der Waals surface area contributed by atoms with Gasteiger partial charge in [0.15, 0.2) is 4.47 Å². The van der Waals surface area contributed by atoms with Crippen LogP contribution in [0.3, 0.4) is 0 Å². The molecule has 3 rings (SSSR count). The zero-order valence-electron chi connectivity index (χ0n) is 12.2. The minimum Gasteiger partial charge on any atom is -0.494 e. The molecular weight excluding hydrogens is 320 g/mol. The van der Waals surface area contributed by atoms with Crippen LogP contribution < -0.4 is 10.1 Å². The van der Waals surface area contributed by atoms with Gasteiger partial charge in [-0.05, 0) is 19.1 Å². The number of aromatic nitrogens is 3. The Kier molecular flexibility index (Phi) is 4.31. The zero-order chi connectivity index (χ0) is 15.5. The molecule has 3 aromatic rings. The van der Waals surface area contributed by atoms with Crippen LogP contribution in [0.2, 0.25) is 4.47 Å². The SMILES string of the molecule is COc1cc(NCc2cnc(Cl)s2)ccc1-n1cnc(C)c1. The Morgan fingerprint density at radius 2 is 2.23 bits per heavy atom. The smallest absolute Gasteiger partial charge is 0.183 e. The molecule has 22 heavy (non-hydrogen) atoms. The number of nitrogens with zero attached hydrogens (tertiary/aromatic N) is 3.